The summed E-state index contributed by atoms with van der Waals surface area (Å²) in [5.41, 5.74) is 5.88. The number of carboxylic acid groups (broad SMARTS) is 1. The molecule has 2 fully saturated rings. The fourth-order valence-corrected chi connectivity index (χ4v) is 6.41. The van der Waals surface area contributed by atoms with Gasteiger partial charge in [-0.25, -0.2) is 4.39 Å². The number of rotatable bonds is 15. The van der Waals surface area contributed by atoms with Crippen molar-refractivity contribution in [3.63, 3.8) is 0 Å². The number of unbranched alkanes of at least 4 members (excludes halogenated alkanes) is 3. The predicted molar refractivity (Wildman–Crippen MR) is 174 cm³/mol. The summed E-state index contributed by atoms with van der Waals surface area (Å²) in [5, 5.41) is 11.9. The number of carbonyl (C=O) groups is 3. The van der Waals surface area contributed by atoms with Crippen LogP contribution in [0.2, 0.25) is 0 Å². The first-order valence-corrected chi connectivity index (χ1v) is 16.5. The molecule has 0 spiro atoms. The Balaban J connectivity index is 1.30. The number of halogens is 4. The molecule has 5 rings (SSSR count). The summed E-state index contributed by atoms with van der Waals surface area (Å²) in [6.45, 7) is 3.93. The molecule has 0 bridgehead atoms. The average molecular weight is 688 g/mol. The number of benzene rings is 2. The number of carboxylic acids is 1. The molecule has 264 valence electrons. The van der Waals surface area contributed by atoms with Crippen LogP contribution in [0.25, 0.3) is 11.0 Å². The zero-order valence-corrected chi connectivity index (χ0v) is 27.3. The Kier molecular flexibility index (Phi) is 10.8. The number of fused-ring (bicyclic) bond motifs is 1. The summed E-state index contributed by atoms with van der Waals surface area (Å²) in [6.07, 6.45) is 1.87. The van der Waals surface area contributed by atoms with Gasteiger partial charge in [-0.05, 0) is 75.8 Å². The molecule has 2 aromatic carbocycles. The van der Waals surface area contributed by atoms with Crippen LogP contribution in [0.3, 0.4) is 0 Å². The van der Waals surface area contributed by atoms with E-state index in [0.29, 0.717) is 43.3 Å². The lowest BCUT2D eigenvalue weighted by molar-refractivity contribution is -0.139. The Morgan fingerprint density at radius 3 is 2.55 bits per heavy atom. The van der Waals surface area contributed by atoms with Gasteiger partial charge >= 0.3 is 12.1 Å². The number of ether oxygens (including phenoxy) is 1. The largest absolute Gasteiger partial charge is 0.481 e. The van der Waals surface area contributed by atoms with Gasteiger partial charge < -0.3 is 25.8 Å². The molecule has 3 aromatic rings. The number of allylic oxidation sites excluding steroid dienone is 2. The van der Waals surface area contributed by atoms with Gasteiger partial charge in [0.2, 0.25) is 11.8 Å². The monoisotopic (exact) mass is 687 g/mol. The van der Waals surface area contributed by atoms with Gasteiger partial charge in [0.25, 0.3) is 6.01 Å². The van der Waals surface area contributed by atoms with Crippen LogP contribution in [0, 0.1) is 17.7 Å². The number of aromatic nitrogens is 2. The Labute approximate surface area is 281 Å². The maximum absolute atomic E-state index is 14.3. The molecule has 2 amide bonds. The maximum Gasteiger partial charge on any atom is 0.416 e. The third-order valence-corrected chi connectivity index (χ3v) is 8.99. The predicted octanol–water partition coefficient (Wildman–Crippen LogP) is 6.32. The molecule has 2 heterocycles. The van der Waals surface area contributed by atoms with Crippen LogP contribution in [0.4, 0.5) is 23.2 Å². The second-order valence-electron chi connectivity index (χ2n) is 13.1. The van der Waals surface area contributed by atoms with Crippen LogP contribution in [0.5, 0.6) is 6.01 Å². The molecule has 0 radical (unpaired) electrons. The molecule has 1 aliphatic heterocycles. The minimum atomic E-state index is -4.81. The van der Waals surface area contributed by atoms with Gasteiger partial charge in [0.05, 0.1) is 29.1 Å². The van der Waals surface area contributed by atoms with E-state index in [9.17, 15) is 31.9 Å². The number of primary amides is 1. The molecule has 2 aliphatic rings. The van der Waals surface area contributed by atoms with Crippen molar-refractivity contribution in [1.82, 2.24) is 14.5 Å². The van der Waals surface area contributed by atoms with Crippen LogP contribution in [0.1, 0.15) is 70.4 Å². The summed E-state index contributed by atoms with van der Waals surface area (Å²) in [6, 6.07) is 7.69. The van der Waals surface area contributed by atoms with Crippen molar-refractivity contribution < 1.29 is 41.8 Å². The third kappa shape index (κ3) is 8.70. The number of nitrogens with zero attached hydrogens (tertiary/aromatic N) is 3. The number of hydrogen-bond donors (Lipinski definition) is 3. The Morgan fingerprint density at radius 1 is 1.12 bits per heavy atom. The molecule has 49 heavy (non-hydrogen) atoms. The molecule has 0 unspecified atom stereocenters. The Bertz CT molecular complexity index is 1710. The number of aliphatic carboxylic acids is 1. The highest BCUT2D eigenvalue weighted by molar-refractivity contribution is 5.91. The molecular formula is C35H41F4N5O5. The maximum atomic E-state index is 14.3. The van der Waals surface area contributed by atoms with E-state index in [1.165, 1.54) is 4.90 Å². The first-order chi connectivity index (χ1) is 23.2. The lowest BCUT2D eigenvalue weighted by Crippen LogP contribution is -2.49. The number of imidazole rings is 1. The molecular weight excluding hydrogens is 646 g/mol. The van der Waals surface area contributed by atoms with Crippen LogP contribution in [-0.2, 0) is 20.6 Å². The van der Waals surface area contributed by atoms with Crippen molar-refractivity contribution in [2.24, 2.45) is 17.6 Å². The number of alkyl halides is 3. The van der Waals surface area contributed by atoms with Gasteiger partial charge in [-0.3, -0.25) is 19.0 Å². The molecule has 14 heteroatoms. The molecule has 10 nitrogen and oxygen atoms in total. The number of amides is 2. The minimum Gasteiger partial charge on any atom is -0.481 e. The summed E-state index contributed by atoms with van der Waals surface area (Å²) in [7, 11) is 0. The quantitative estimate of drug-likeness (QED) is 0.0966. The molecule has 1 aliphatic carbocycles. The summed E-state index contributed by atoms with van der Waals surface area (Å²) < 4.78 is 62.9. The van der Waals surface area contributed by atoms with Gasteiger partial charge in [-0.1, -0.05) is 37.1 Å². The van der Waals surface area contributed by atoms with Gasteiger partial charge in [-0.2, -0.15) is 18.2 Å². The number of anilines is 1. The number of hydrogen-bond acceptors (Lipinski definition) is 6. The molecule has 1 saturated carbocycles. The molecule has 4 N–H and O–H groups in total. The topological polar surface area (TPSA) is 140 Å². The highest BCUT2D eigenvalue weighted by Crippen LogP contribution is 2.40. The van der Waals surface area contributed by atoms with Crippen LogP contribution < -0.4 is 15.8 Å². The summed E-state index contributed by atoms with van der Waals surface area (Å²) in [5.74, 6) is -3.53. The number of nitrogens with two attached hydrogens (primary N) is 1. The van der Waals surface area contributed by atoms with E-state index in [-0.39, 0.29) is 43.0 Å². The van der Waals surface area contributed by atoms with E-state index in [2.05, 4.69) is 10.3 Å². The van der Waals surface area contributed by atoms with Gasteiger partial charge in [-0.15, -0.1) is 0 Å². The summed E-state index contributed by atoms with van der Waals surface area (Å²) in [4.78, 5) is 43.6. The summed E-state index contributed by atoms with van der Waals surface area (Å²) >= 11 is 0. The molecule has 1 aromatic heterocycles. The standard InChI is InChI=1S/C35H41F4N5O5/c1-20(2)44-29-13-9-8-11-27(29)42-34(44)49-25-18-30(31(40)45)43(19-25)32(46)28(41-24-16-22(35(37,38)39)15-23(36)17-24)12-7-5-3-4-6-10-21-14-26(21)33(47)48/h6,8-11,13,15-17,20-21,25-26,28,30,41H,3-5,7,12,14,18-19H2,1-2H3,(H2,40,45)(H,47,48)/b10-6-/t21-,25-,26+,28+,30+/m1/s1. The van der Waals surface area contributed by atoms with E-state index in [4.69, 9.17) is 15.6 Å². The van der Waals surface area contributed by atoms with Gasteiger partial charge in [0.15, 0.2) is 0 Å². The SMILES string of the molecule is CC(C)n1c(O[C@@H]2C[C@@H](C(N)=O)N(C(=O)[C@H](CCCCC/C=C\[C@@H]3C[C@@H]3C(=O)O)Nc3cc(F)cc(C(F)(F)F)c3)C2)nc2ccccc21. The lowest BCUT2D eigenvalue weighted by atomic mass is 10.0. The van der Waals surface area contributed by atoms with Gasteiger partial charge in [0, 0.05) is 18.2 Å². The highest BCUT2D eigenvalue weighted by Gasteiger charge is 2.43. The third-order valence-electron chi connectivity index (χ3n) is 8.99. The van der Waals surface area contributed by atoms with E-state index in [0.717, 1.165) is 24.1 Å². The van der Waals surface area contributed by atoms with Crippen LogP contribution >= 0.6 is 0 Å². The van der Waals surface area contributed by atoms with Crippen LogP contribution in [0.15, 0.2) is 54.6 Å². The highest BCUT2D eigenvalue weighted by atomic mass is 19.4. The van der Waals surface area contributed by atoms with Crippen molar-refractivity contribution in [2.45, 2.75) is 89.2 Å². The Hall–Kier alpha value is -4.62. The van der Waals surface area contributed by atoms with Crippen molar-refractivity contribution in [1.29, 1.82) is 0 Å². The second kappa shape index (κ2) is 14.9. The second-order valence-corrected chi connectivity index (χ2v) is 13.1. The zero-order valence-electron chi connectivity index (χ0n) is 27.3. The van der Waals surface area contributed by atoms with E-state index in [1.807, 2.05) is 54.8 Å². The first kappa shape index (κ1) is 35.7. The van der Waals surface area contributed by atoms with Crippen molar-refractivity contribution >= 4 is 34.5 Å². The molecule has 5 atom stereocenters. The minimum absolute atomic E-state index is 0.0132. The van der Waals surface area contributed by atoms with Gasteiger partial charge in [0.1, 0.15) is 24.0 Å². The average Bonchev–Trinajstić information content (AvgIpc) is 3.53. The zero-order chi connectivity index (χ0) is 35.5. The van der Waals surface area contributed by atoms with E-state index < -0.39 is 53.5 Å². The fourth-order valence-electron chi connectivity index (χ4n) is 6.41. The lowest BCUT2D eigenvalue weighted by Gasteiger charge is -2.28. The number of nitrogens with one attached hydrogen (secondary N) is 1. The van der Waals surface area contributed by atoms with Crippen molar-refractivity contribution in [3.05, 3.63) is 66.0 Å². The number of para-hydroxylation sites is 2. The van der Waals surface area contributed by atoms with E-state index >= 15 is 0 Å². The van der Waals surface area contributed by atoms with Crippen LogP contribution in [-0.4, -0.2) is 62.1 Å². The van der Waals surface area contributed by atoms with Crippen molar-refractivity contribution in [2.75, 3.05) is 11.9 Å². The number of likely N-dealkylation sites (tertiary alicyclic amines) is 1. The van der Waals surface area contributed by atoms with Crippen molar-refractivity contribution in [3.8, 4) is 6.01 Å². The normalized spacial score (nSPS) is 21.4. The Morgan fingerprint density at radius 2 is 1.88 bits per heavy atom. The van der Waals surface area contributed by atoms with E-state index in [1.54, 1.807) is 0 Å². The fraction of sp³-hybridized carbons (Fsp3) is 0.486. The first-order valence-electron chi connectivity index (χ1n) is 16.5. The number of carbonyl (C=O) groups excluding carboxylic acids is 2. The smallest absolute Gasteiger partial charge is 0.416 e. The molecule has 1 saturated heterocycles.